The van der Waals surface area contributed by atoms with Crippen molar-refractivity contribution in [3.05, 3.63) is 0 Å². The van der Waals surface area contributed by atoms with Gasteiger partial charge in [-0.2, -0.15) is 13.2 Å². The molecule has 7 heteroatoms. The predicted molar refractivity (Wildman–Crippen MR) is 55.9 cm³/mol. The lowest BCUT2D eigenvalue weighted by Gasteiger charge is -2.54. The summed E-state index contributed by atoms with van der Waals surface area (Å²) in [6.07, 6.45) is 0.666. The molecule has 0 aromatic rings. The number of aliphatic hydroxyl groups is 1. The first-order valence-corrected chi connectivity index (χ1v) is 5.96. The minimum atomic E-state index is -5.08. The van der Waals surface area contributed by atoms with Gasteiger partial charge < -0.3 is 15.5 Å². The first kappa shape index (κ1) is 13.6. The highest BCUT2D eigenvalue weighted by molar-refractivity contribution is 5.73. The number of carboxylic acid groups (broad SMARTS) is 1. The highest BCUT2D eigenvalue weighted by Gasteiger charge is 2.49. The Morgan fingerprint density at radius 1 is 1.17 bits per heavy atom. The fourth-order valence-corrected chi connectivity index (χ4v) is 3.53. The van der Waals surface area contributed by atoms with Crippen molar-refractivity contribution in [2.45, 2.75) is 56.0 Å². The van der Waals surface area contributed by atoms with Crippen LogP contribution in [0.5, 0.6) is 0 Å². The number of hydrogen-bond donors (Lipinski definition) is 3. The smallest absolute Gasteiger partial charge is 0.475 e. The van der Waals surface area contributed by atoms with Gasteiger partial charge in [-0.15, -0.1) is 0 Å². The molecule has 2 unspecified atom stereocenters. The van der Waals surface area contributed by atoms with E-state index in [0.717, 1.165) is 25.2 Å². The number of nitrogens with one attached hydrogen (secondary N) is 1. The molecule has 2 aliphatic heterocycles. The molecule has 0 aromatic carbocycles. The Bertz CT molecular complexity index is 308. The summed E-state index contributed by atoms with van der Waals surface area (Å²) in [5.41, 5.74) is -0.262. The summed E-state index contributed by atoms with van der Waals surface area (Å²) in [6.45, 7) is 0. The molecule has 2 saturated carbocycles. The Hall–Kier alpha value is -0.820. The zero-order valence-corrected chi connectivity index (χ0v) is 9.70. The predicted octanol–water partition coefficient (Wildman–Crippen LogP) is 1.29. The fraction of sp³-hybridized carbons (Fsp3) is 0.909. The van der Waals surface area contributed by atoms with Crippen molar-refractivity contribution in [1.29, 1.82) is 0 Å². The summed E-state index contributed by atoms with van der Waals surface area (Å²) in [5.74, 6) is -1.92. The molecular weight excluding hydrogens is 251 g/mol. The molecule has 4 bridgehead atoms. The van der Waals surface area contributed by atoms with Crippen LogP contribution in [0.4, 0.5) is 13.2 Å². The molecule has 0 radical (unpaired) electrons. The van der Waals surface area contributed by atoms with Gasteiger partial charge in [0.1, 0.15) is 0 Å². The molecule has 0 amide bonds. The number of halogens is 3. The quantitative estimate of drug-likeness (QED) is 0.618. The molecule has 0 spiro atoms. The minimum absolute atomic E-state index is 0.262. The molecule has 104 valence electrons. The van der Waals surface area contributed by atoms with E-state index in [0.29, 0.717) is 12.1 Å². The highest BCUT2D eigenvalue weighted by Crippen LogP contribution is 2.46. The zero-order chi connectivity index (χ0) is 13.6. The van der Waals surface area contributed by atoms with Crippen LogP contribution in [0.2, 0.25) is 0 Å². The van der Waals surface area contributed by atoms with Gasteiger partial charge in [0.2, 0.25) is 0 Å². The molecular formula is C11H16F3NO3. The molecule has 4 aliphatic rings. The minimum Gasteiger partial charge on any atom is -0.475 e. The molecule has 4 rings (SSSR count). The van der Waals surface area contributed by atoms with Crippen LogP contribution in [0.15, 0.2) is 0 Å². The van der Waals surface area contributed by atoms with Crippen molar-refractivity contribution in [3.8, 4) is 0 Å². The van der Waals surface area contributed by atoms with Gasteiger partial charge in [0.25, 0.3) is 0 Å². The largest absolute Gasteiger partial charge is 0.490 e. The van der Waals surface area contributed by atoms with E-state index in [-0.39, 0.29) is 5.60 Å². The van der Waals surface area contributed by atoms with E-state index >= 15 is 0 Å². The number of piperidine rings is 2. The van der Waals surface area contributed by atoms with Gasteiger partial charge in [-0.1, -0.05) is 0 Å². The van der Waals surface area contributed by atoms with Crippen LogP contribution in [0.25, 0.3) is 0 Å². The van der Waals surface area contributed by atoms with E-state index in [2.05, 4.69) is 5.32 Å². The molecule has 3 N–H and O–H groups in total. The monoisotopic (exact) mass is 267 g/mol. The van der Waals surface area contributed by atoms with E-state index in [4.69, 9.17) is 9.90 Å². The topological polar surface area (TPSA) is 69.6 Å². The standard InChI is InChI=1S/C9H15NO.C2HF3O2/c11-9-3-6-1-7(4-9)10-8(2-6)5-9;3-2(4,5)1(6)7/h6-8,10-11H,1-5H2;(H,6,7). The fourth-order valence-electron chi connectivity index (χ4n) is 3.53. The molecule has 18 heavy (non-hydrogen) atoms. The van der Waals surface area contributed by atoms with Crippen LogP contribution in [0.3, 0.4) is 0 Å². The van der Waals surface area contributed by atoms with Crippen molar-refractivity contribution in [2.75, 3.05) is 0 Å². The average molecular weight is 267 g/mol. The van der Waals surface area contributed by atoms with E-state index in [1.807, 2.05) is 0 Å². The number of carbonyl (C=O) groups is 1. The lowest BCUT2D eigenvalue weighted by atomic mass is 9.62. The van der Waals surface area contributed by atoms with Gasteiger partial charge in [0.15, 0.2) is 0 Å². The van der Waals surface area contributed by atoms with Gasteiger partial charge in [-0.25, -0.2) is 4.79 Å². The van der Waals surface area contributed by atoms with Crippen molar-refractivity contribution in [1.82, 2.24) is 5.32 Å². The van der Waals surface area contributed by atoms with Gasteiger partial charge in [0.05, 0.1) is 5.60 Å². The van der Waals surface area contributed by atoms with Gasteiger partial charge in [-0.05, 0) is 38.0 Å². The SMILES string of the molecule is O=C(O)C(F)(F)F.OC12CC3CC(C1)NC(C3)C2. The maximum Gasteiger partial charge on any atom is 0.490 e. The first-order valence-electron chi connectivity index (χ1n) is 5.96. The third-order valence-corrected chi connectivity index (χ3v) is 3.87. The summed E-state index contributed by atoms with van der Waals surface area (Å²) in [5, 5.41) is 20.8. The zero-order valence-electron chi connectivity index (χ0n) is 9.70. The van der Waals surface area contributed by atoms with Crippen molar-refractivity contribution < 1.29 is 28.2 Å². The van der Waals surface area contributed by atoms with Crippen LogP contribution < -0.4 is 5.32 Å². The van der Waals surface area contributed by atoms with E-state index < -0.39 is 12.1 Å². The maximum atomic E-state index is 10.6. The average Bonchev–Trinajstić information content (AvgIpc) is 2.11. The lowest BCUT2D eigenvalue weighted by molar-refractivity contribution is -0.192. The van der Waals surface area contributed by atoms with Crippen LogP contribution in [0.1, 0.15) is 32.1 Å². The molecule has 0 aromatic heterocycles. The highest BCUT2D eigenvalue weighted by atomic mass is 19.4. The third-order valence-electron chi connectivity index (χ3n) is 3.87. The Labute approximate surface area is 102 Å². The summed E-state index contributed by atoms with van der Waals surface area (Å²) in [7, 11) is 0. The maximum absolute atomic E-state index is 10.6. The van der Waals surface area contributed by atoms with Gasteiger partial charge >= 0.3 is 12.1 Å². The normalized spacial score (nSPS) is 41.2. The van der Waals surface area contributed by atoms with Crippen LogP contribution in [0, 0.1) is 5.92 Å². The second-order valence-electron chi connectivity index (χ2n) is 5.54. The number of rotatable bonds is 0. The van der Waals surface area contributed by atoms with E-state index in [9.17, 15) is 18.3 Å². The number of alkyl halides is 3. The van der Waals surface area contributed by atoms with Crippen LogP contribution >= 0.6 is 0 Å². The molecule has 4 fully saturated rings. The number of aliphatic carboxylic acids is 1. The van der Waals surface area contributed by atoms with Crippen LogP contribution in [-0.4, -0.2) is 40.0 Å². The number of carboxylic acids is 1. The van der Waals surface area contributed by atoms with E-state index in [1.54, 1.807) is 0 Å². The Balaban J connectivity index is 0.000000152. The molecule has 2 heterocycles. The Morgan fingerprint density at radius 2 is 1.61 bits per heavy atom. The summed E-state index contributed by atoms with van der Waals surface area (Å²) >= 11 is 0. The van der Waals surface area contributed by atoms with Gasteiger partial charge in [0, 0.05) is 12.1 Å². The molecule has 2 atom stereocenters. The summed E-state index contributed by atoms with van der Waals surface area (Å²) in [6, 6.07) is 1.29. The first-order chi connectivity index (χ1) is 8.18. The van der Waals surface area contributed by atoms with Crippen molar-refractivity contribution >= 4 is 5.97 Å². The molecule has 2 aliphatic carbocycles. The van der Waals surface area contributed by atoms with Crippen molar-refractivity contribution in [2.24, 2.45) is 5.92 Å². The van der Waals surface area contributed by atoms with Crippen molar-refractivity contribution in [3.63, 3.8) is 0 Å². The summed E-state index contributed by atoms with van der Waals surface area (Å²) in [4.78, 5) is 8.90. The molecule has 4 nitrogen and oxygen atoms in total. The van der Waals surface area contributed by atoms with Crippen LogP contribution in [-0.2, 0) is 4.79 Å². The third kappa shape index (κ3) is 2.95. The Morgan fingerprint density at radius 3 is 1.89 bits per heavy atom. The second kappa shape index (κ2) is 4.38. The lowest BCUT2D eigenvalue weighted by Crippen LogP contribution is -2.62. The van der Waals surface area contributed by atoms with E-state index in [1.165, 1.54) is 12.8 Å². The second-order valence-corrected chi connectivity index (χ2v) is 5.54. The molecule has 2 saturated heterocycles. The number of hydrogen-bond acceptors (Lipinski definition) is 3. The summed E-state index contributed by atoms with van der Waals surface area (Å²) < 4.78 is 31.7. The van der Waals surface area contributed by atoms with Gasteiger partial charge in [-0.3, -0.25) is 0 Å². The Kier molecular flexibility index (Phi) is 3.31.